The van der Waals surface area contributed by atoms with Gasteiger partial charge in [-0.05, 0) is 25.7 Å². The number of carbonyl (C=O) groups is 1. The molecule has 1 aliphatic rings. The molecule has 6 nitrogen and oxygen atoms in total. The Morgan fingerprint density at radius 3 is 2.60 bits per heavy atom. The zero-order valence-electron chi connectivity index (χ0n) is 12.4. The topological polar surface area (TPSA) is 90.9 Å². The number of H-pyrrole nitrogens is 1. The fraction of sp³-hybridized carbons (Fsp3) is 0.786. The molecule has 1 aromatic rings. The summed E-state index contributed by atoms with van der Waals surface area (Å²) in [5.41, 5.74) is -0.819. The molecule has 0 aliphatic heterocycles. The van der Waals surface area contributed by atoms with E-state index >= 15 is 0 Å². The number of rotatable bonds is 5. The molecule has 0 aromatic carbocycles. The lowest BCUT2D eigenvalue weighted by Gasteiger charge is -2.24. The SMILES string of the molecule is Cc1nc(C(NC(=O)CC2(O)CCCC2)C(C)C)n[nH]1. The second-order valence-corrected chi connectivity index (χ2v) is 6.18. The molecule has 1 heterocycles. The van der Waals surface area contributed by atoms with Crippen LogP contribution in [0, 0.1) is 12.8 Å². The number of carbonyl (C=O) groups excluding carboxylic acids is 1. The zero-order chi connectivity index (χ0) is 14.8. The van der Waals surface area contributed by atoms with Crippen molar-refractivity contribution in [3.05, 3.63) is 11.6 Å². The van der Waals surface area contributed by atoms with Gasteiger partial charge in [-0.3, -0.25) is 9.89 Å². The van der Waals surface area contributed by atoms with Crippen molar-refractivity contribution in [3.8, 4) is 0 Å². The van der Waals surface area contributed by atoms with Crippen molar-refractivity contribution >= 4 is 5.91 Å². The van der Waals surface area contributed by atoms with E-state index in [2.05, 4.69) is 20.5 Å². The number of amides is 1. The number of hydrogen-bond donors (Lipinski definition) is 3. The van der Waals surface area contributed by atoms with Gasteiger partial charge in [0.2, 0.25) is 5.91 Å². The molecule has 1 aromatic heterocycles. The van der Waals surface area contributed by atoms with Crippen LogP contribution in [0.4, 0.5) is 0 Å². The maximum absolute atomic E-state index is 12.2. The zero-order valence-corrected chi connectivity index (χ0v) is 12.4. The molecule has 1 atom stereocenters. The smallest absolute Gasteiger partial charge is 0.223 e. The highest BCUT2D eigenvalue weighted by molar-refractivity contribution is 5.77. The van der Waals surface area contributed by atoms with Crippen LogP contribution >= 0.6 is 0 Å². The number of aromatic nitrogens is 3. The fourth-order valence-electron chi connectivity index (χ4n) is 2.76. The average Bonchev–Trinajstić information content (AvgIpc) is 2.95. The largest absolute Gasteiger partial charge is 0.389 e. The summed E-state index contributed by atoms with van der Waals surface area (Å²) in [4.78, 5) is 16.5. The van der Waals surface area contributed by atoms with E-state index < -0.39 is 5.60 Å². The van der Waals surface area contributed by atoms with Crippen molar-refractivity contribution in [2.75, 3.05) is 0 Å². The third kappa shape index (κ3) is 3.56. The molecule has 20 heavy (non-hydrogen) atoms. The summed E-state index contributed by atoms with van der Waals surface area (Å²) < 4.78 is 0. The van der Waals surface area contributed by atoms with Crippen LogP contribution in [0.3, 0.4) is 0 Å². The van der Waals surface area contributed by atoms with Gasteiger partial charge in [0.15, 0.2) is 5.82 Å². The van der Waals surface area contributed by atoms with E-state index in [1.54, 1.807) is 0 Å². The van der Waals surface area contributed by atoms with Crippen LogP contribution in [0.5, 0.6) is 0 Å². The molecule has 0 radical (unpaired) electrons. The Hall–Kier alpha value is -1.43. The summed E-state index contributed by atoms with van der Waals surface area (Å²) >= 11 is 0. The first-order chi connectivity index (χ1) is 9.39. The third-order valence-corrected chi connectivity index (χ3v) is 3.90. The molecular weight excluding hydrogens is 256 g/mol. The van der Waals surface area contributed by atoms with Gasteiger partial charge in [0.25, 0.3) is 0 Å². The Morgan fingerprint density at radius 2 is 2.10 bits per heavy atom. The second-order valence-electron chi connectivity index (χ2n) is 6.18. The molecule has 1 saturated carbocycles. The molecule has 0 spiro atoms. The van der Waals surface area contributed by atoms with E-state index in [1.165, 1.54) is 0 Å². The van der Waals surface area contributed by atoms with Gasteiger partial charge in [-0.25, -0.2) is 4.98 Å². The summed E-state index contributed by atoms with van der Waals surface area (Å²) in [6, 6.07) is -0.225. The van der Waals surface area contributed by atoms with Crippen molar-refractivity contribution < 1.29 is 9.90 Å². The summed E-state index contributed by atoms with van der Waals surface area (Å²) in [6.45, 7) is 5.86. The maximum Gasteiger partial charge on any atom is 0.223 e. The van der Waals surface area contributed by atoms with E-state index in [-0.39, 0.29) is 24.3 Å². The number of aryl methyl sites for hydroxylation is 1. The molecular formula is C14H24N4O2. The van der Waals surface area contributed by atoms with Gasteiger partial charge in [0, 0.05) is 0 Å². The third-order valence-electron chi connectivity index (χ3n) is 3.90. The van der Waals surface area contributed by atoms with Crippen LogP contribution in [0.15, 0.2) is 0 Å². The van der Waals surface area contributed by atoms with Gasteiger partial charge < -0.3 is 10.4 Å². The lowest BCUT2D eigenvalue weighted by atomic mass is 9.96. The molecule has 2 rings (SSSR count). The first kappa shape index (κ1) is 15.0. The van der Waals surface area contributed by atoms with Crippen molar-refractivity contribution in [3.63, 3.8) is 0 Å². The Morgan fingerprint density at radius 1 is 1.45 bits per heavy atom. The minimum absolute atomic E-state index is 0.129. The van der Waals surface area contributed by atoms with Gasteiger partial charge >= 0.3 is 0 Å². The van der Waals surface area contributed by atoms with Crippen LogP contribution in [0.2, 0.25) is 0 Å². The summed E-state index contributed by atoms with van der Waals surface area (Å²) in [7, 11) is 0. The van der Waals surface area contributed by atoms with E-state index in [0.717, 1.165) is 18.7 Å². The van der Waals surface area contributed by atoms with Crippen LogP contribution in [-0.4, -0.2) is 31.8 Å². The van der Waals surface area contributed by atoms with Crippen LogP contribution in [0.1, 0.15) is 63.6 Å². The molecule has 3 N–H and O–H groups in total. The van der Waals surface area contributed by atoms with Crippen molar-refractivity contribution in [2.45, 2.75) is 64.5 Å². The van der Waals surface area contributed by atoms with Crippen molar-refractivity contribution in [1.29, 1.82) is 0 Å². The Labute approximate surface area is 119 Å². The number of hydrogen-bond acceptors (Lipinski definition) is 4. The Bertz CT molecular complexity index is 463. The molecule has 0 bridgehead atoms. The summed E-state index contributed by atoms with van der Waals surface area (Å²) in [6.07, 6.45) is 3.59. The molecule has 0 saturated heterocycles. The minimum atomic E-state index is -0.819. The normalized spacial score (nSPS) is 19.2. The highest BCUT2D eigenvalue weighted by Gasteiger charge is 2.34. The quantitative estimate of drug-likeness (QED) is 0.764. The molecule has 112 valence electrons. The predicted molar refractivity (Wildman–Crippen MR) is 74.9 cm³/mol. The van der Waals surface area contributed by atoms with Gasteiger partial charge in [-0.2, -0.15) is 5.10 Å². The maximum atomic E-state index is 12.2. The van der Waals surface area contributed by atoms with Crippen LogP contribution in [-0.2, 0) is 4.79 Å². The number of aliphatic hydroxyl groups is 1. The first-order valence-electron chi connectivity index (χ1n) is 7.30. The predicted octanol–water partition coefficient (Wildman–Crippen LogP) is 1.62. The van der Waals surface area contributed by atoms with Crippen molar-refractivity contribution in [2.24, 2.45) is 5.92 Å². The Kier molecular flexibility index (Phi) is 4.42. The highest BCUT2D eigenvalue weighted by atomic mass is 16.3. The molecule has 6 heteroatoms. The number of aromatic amines is 1. The first-order valence-corrected chi connectivity index (χ1v) is 7.30. The van der Waals surface area contributed by atoms with Crippen molar-refractivity contribution in [1.82, 2.24) is 20.5 Å². The minimum Gasteiger partial charge on any atom is -0.389 e. The molecule has 1 aliphatic carbocycles. The fourth-order valence-corrected chi connectivity index (χ4v) is 2.76. The highest BCUT2D eigenvalue weighted by Crippen LogP contribution is 2.32. The standard InChI is InChI=1S/C14H24N4O2/c1-9(2)12(13-15-10(3)17-18-13)16-11(19)8-14(20)6-4-5-7-14/h9,12,20H,4-8H2,1-3H3,(H,16,19)(H,15,17,18). The van der Waals surface area contributed by atoms with Gasteiger partial charge in [0.05, 0.1) is 18.1 Å². The molecule has 1 unspecified atom stereocenters. The van der Waals surface area contributed by atoms with Gasteiger partial charge in [-0.1, -0.05) is 26.7 Å². The van der Waals surface area contributed by atoms with E-state index in [0.29, 0.717) is 18.7 Å². The summed E-state index contributed by atoms with van der Waals surface area (Å²) in [5, 5.41) is 20.2. The molecule has 1 amide bonds. The monoisotopic (exact) mass is 280 g/mol. The molecule has 1 fully saturated rings. The number of nitrogens with one attached hydrogen (secondary N) is 2. The lowest BCUT2D eigenvalue weighted by Crippen LogP contribution is -2.38. The van der Waals surface area contributed by atoms with E-state index in [9.17, 15) is 9.90 Å². The number of nitrogens with zero attached hydrogens (tertiary/aromatic N) is 2. The summed E-state index contributed by atoms with van der Waals surface area (Å²) in [5.74, 6) is 1.39. The average molecular weight is 280 g/mol. The van der Waals surface area contributed by atoms with Crippen LogP contribution in [0.25, 0.3) is 0 Å². The van der Waals surface area contributed by atoms with E-state index in [4.69, 9.17) is 0 Å². The van der Waals surface area contributed by atoms with Gasteiger partial charge in [-0.15, -0.1) is 0 Å². The van der Waals surface area contributed by atoms with E-state index in [1.807, 2.05) is 20.8 Å². The van der Waals surface area contributed by atoms with Gasteiger partial charge in [0.1, 0.15) is 5.82 Å². The second kappa shape index (κ2) is 5.91. The lowest BCUT2D eigenvalue weighted by molar-refractivity contribution is -0.127. The van der Waals surface area contributed by atoms with Crippen LogP contribution < -0.4 is 5.32 Å². The Balaban J connectivity index is 1.99.